The predicted octanol–water partition coefficient (Wildman–Crippen LogP) is 9.24. The minimum atomic E-state index is 0.702. The van der Waals surface area contributed by atoms with Crippen LogP contribution < -0.4 is 15.2 Å². The highest BCUT2D eigenvalue weighted by molar-refractivity contribution is 9.10. The van der Waals surface area contributed by atoms with Gasteiger partial charge in [-0.1, -0.05) is 62.2 Å². The van der Waals surface area contributed by atoms with Gasteiger partial charge in [-0.3, -0.25) is 0 Å². The third kappa shape index (κ3) is 4.14. The number of hydrogen-bond acceptors (Lipinski definition) is 3. The lowest BCUT2D eigenvalue weighted by atomic mass is 9.92. The topological polar surface area (TPSA) is 49.4 Å². The molecular formula is C32H24Br2N2O2. The van der Waals surface area contributed by atoms with Crippen LogP contribution in [0.1, 0.15) is 0 Å². The Labute approximate surface area is 237 Å². The van der Waals surface area contributed by atoms with Gasteiger partial charge in [0.15, 0.2) is 0 Å². The van der Waals surface area contributed by atoms with Gasteiger partial charge in [0.25, 0.3) is 0 Å². The molecule has 0 radical (unpaired) electrons. The summed E-state index contributed by atoms with van der Waals surface area (Å²) in [5.74, 6) is 1.61. The highest BCUT2D eigenvalue weighted by atomic mass is 79.9. The molecule has 5 aromatic carbocycles. The zero-order valence-corrected chi connectivity index (χ0v) is 24.0. The summed E-state index contributed by atoms with van der Waals surface area (Å²) in [5, 5.41) is 2.31. The van der Waals surface area contributed by atoms with Crippen LogP contribution in [0.3, 0.4) is 0 Å². The highest BCUT2D eigenvalue weighted by Crippen LogP contribution is 2.43. The molecule has 1 aromatic heterocycles. The molecule has 0 fully saturated rings. The van der Waals surface area contributed by atoms with E-state index in [1.54, 1.807) is 14.2 Å². The molecule has 1 heterocycles. The summed E-state index contributed by atoms with van der Waals surface area (Å²) in [4.78, 5) is 0. The van der Waals surface area contributed by atoms with E-state index >= 15 is 0 Å². The van der Waals surface area contributed by atoms with Crippen LogP contribution >= 0.6 is 31.9 Å². The molecule has 6 heteroatoms. The number of benzene rings is 5. The number of methoxy groups -OCH3 is 2. The Bertz CT molecular complexity index is 1750. The molecule has 188 valence electrons. The normalized spacial score (nSPS) is 11.3. The van der Waals surface area contributed by atoms with Crippen LogP contribution in [0.25, 0.3) is 49.7 Å². The van der Waals surface area contributed by atoms with Gasteiger partial charge < -0.3 is 19.8 Å². The van der Waals surface area contributed by atoms with E-state index in [1.807, 2.05) is 24.3 Å². The van der Waals surface area contributed by atoms with Crippen molar-refractivity contribution in [2.45, 2.75) is 0 Å². The van der Waals surface area contributed by atoms with Crippen LogP contribution in [0, 0.1) is 0 Å². The summed E-state index contributed by atoms with van der Waals surface area (Å²) in [7, 11) is 3.35. The number of anilines is 1. The maximum atomic E-state index is 7.12. The molecule has 4 nitrogen and oxygen atoms in total. The van der Waals surface area contributed by atoms with Gasteiger partial charge >= 0.3 is 0 Å². The number of rotatable bonds is 5. The lowest BCUT2D eigenvalue weighted by molar-refractivity contribution is 0.414. The van der Waals surface area contributed by atoms with Gasteiger partial charge in [0.2, 0.25) is 0 Å². The largest absolute Gasteiger partial charge is 0.497 e. The van der Waals surface area contributed by atoms with Gasteiger partial charge in [0.05, 0.1) is 36.6 Å². The van der Waals surface area contributed by atoms with E-state index in [9.17, 15) is 0 Å². The van der Waals surface area contributed by atoms with Crippen molar-refractivity contribution >= 4 is 59.4 Å². The van der Waals surface area contributed by atoms with Gasteiger partial charge in [-0.25, -0.2) is 0 Å². The molecule has 0 atom stereocenters. The molecule has 38 heavy (non-hydrogen) atoms. The Hall–Kier alpha value is -3.74. The summed E-state index contributed by atoms with van der Waals surface area (Å²) in [6, 6.07) is 33.1. The fraction of sp³-hybridized carbons (Fsp3) is 0.0625. The van der Waals surface area contributed by atoms with E-state index in [-0.39, 0.29) is 0 Å². The standard InChI is InChI=1S/C32H24Br2N2O2/c1-37-23-9-3-19(4-10-23)25-13-16-30(32(35)31(25)20-5-11-24(38-2)12-6-20)36-28-14-7-21(33)17-26(28)27-18-22(34)8-15-29(27)36/h3-18H,35H2,1-2H3. The molecule has 6 rings (SSSR count). The minimum absolute atomic E-state index is 0.702. The Kier molecular flexibility index (Phi) is 6.38. The van der Waals surface area contributed by atoms with Crippen molar-refractivity contribution in [3.63, 3.8) is 0 Å². The van der Waals surface area contributed by atoms with Crippen molar-refractivity contribution in [3.05, 3.63) is 106 Å². The first-order chi connectivity index (χ1) is 18.5. The maximum absolute atomic E-state index is 7.12. The lowest BCUT2D eigenvalue weighted by Gasteiger charge is -2.19. The fourth-order valence-corrected chi connectivity index (χ4v) is 5.83. The molecule has 0 spiro atoms. The van der Waals surface area contributed by atoms with E-state index < -0.39 is 0 Å². The number of aromatic nitrogens is 1. The van der Waals surface area contributed by atoms with E-state index in [4.69, 9.17) is 15.2 Å². The monoisotopic (exact) mass is 626 g/mol. The third-order valence-electron chi connectivity index (χ3n) is 6.93. The fourth-order valence-electron chi connectivity index (χ4n) is 5.11. The van der Waals surface area contributed by atoms with E-state index in [1.165, 1.54) is 0 Å². The van der Waals surface area contributed by atoms with Gasteiger partial charge in [-0.05, 0) is 83.4 Å². The molecular weight excluding hydrogens is 604 g/mol. The molecule has 0 unspecified atom stereocenters. The van der Waals surface area contributed by atoms with Crippen molar-refractivity contribution < 1.29 is 9.47 Å². The SMILES string of the molecule is COc1ccc(-c2ccc(-n3c4ccc(Br)cc4c4cc(Br)ccc43)c(N)c2-c2ccc(OC)cc2)cc1. The predicted molar refractivity (Wildman–Crippen MR) is 165 cm³/mol. The van der Waals surface area contributed by atoms with E-state index in [0.717, 1.165) is 70.2 Å². The van der Waals surface area contributed by atoms with Crippen LogP contribution in [0.15, 0.2) is 106 Å². The molecule has 6 aromatic rings. The van der Waals surface area contributed by atoms with Gasteiger partial charge in [-0.15, -0.1) is 0 Å². The summed E-state index contributed by atoms with van der Waals surface area (Å²) in [6.45, 7) is 0. The summed E-state index contributed by atoms with van der Waals surface area (Å²) >= 11 is 7.30. The molecule has 0 bridgehead atoms. The van der Waals surface area contributed by atoms with Crippen LogP contribution in [0.2, 0.25) is 0 Å². The second-order valence-electron chi connectivity index (χ2n) is 9.04. The number of hydrogen-bond donors (Lipinski definition) is 1. The van der Waals surface area contributed by atoms with Crippen molar-refractivity contribution in [1.29, 1.82) is 0 Å². The smallest absolute Gasteiger partial charge is 0.118 e. The second kappa shape index (κ2) is 9.86. The number of nitrogens with zero attached hydrogens (tertiary/aromatic N) is 1. The number of ether oxygens (including phenoxy) is 2. The Morgan fingerprint density at radius 2 is 1.11 bits per heavy atom. The van der Waals surface area contributed by atoms with Crippen LogP contribution in [0.5, 0.6) is 11.5 Å². The molecule has 0 saturated carbocycles. The van der Waals surface area contributed by atoms with Gasteiger partial charge in [0.1, 0.15) is 11.5 Å². The van der Waals surface area contributed by atoms with Crippen LogP contribution in [-0.2, 0) is 0 Å². The van der Waals surface area contributed by atoms with Crippen molar-refractivity contribution in [2.24, 2.45) is 0 Å². The quantitative estimate of drug-likeness (QED) is 0.194. The number of nitrogen functional groups attached to an aromatic ring is 1. The second-order valence-corrected chi connectivity index (χ2v) is 10.9. The summed E-state index contributed by atoms with van der Waals surface area (Å²) in [5.41, 5.74) is 15.0. The van der Waals surface area contributed by atoms with Crippen molar-refractivity contribution in [3.8, 4) is 39.4 Å². The number of fused-ring (bicyclic) bond motifs is 3. The first kappa shape index (κ1) is 24.6. The third-order valence-corrected chi connectivity index (χ3v) is 7.92. The molecule has 0 aliphatic carbocycles. The minimum Gasteiger partial charge on any atom is -0.497 e. The average molecular weight is 628 g/mol. The summed E-state index contributed by atoms with van der Waals surface area (Å²) < 4.78 is 15.1. The maximum Gasteiger partial charge on any atom is 0.118 e. The van der Waals surface area contributed by atoms with Gasteiger partial charge in [0, 0.05) is 25.3 Å². The molecule has 0 aliphatic rings. The zero-order valence-electron chi connectivity index (χ0n) is 20.8. The Balaban J connectivity index is 1.66. The number of nitrogens with two attached hydrogens (primary N) is 1. The summed E-state index contributed by atoms with van der Waals surface area (Å²) in [6.07, 6.45) is 0. The molecule has 0 saturated heterocycles. The Morgan fingerprint density at radius 1 is 0.605 bits per heavy atom. The highest BCUT2D eigenvalue weighted by Gasteiger charge is 2.20. The van der Waals surface area contributed by atoms with E-state index in [0.29, 0.717) is 5.69 Å². The van der Waals surface area contributed by atoms with Crippen molar-refractivity contribution in [1.82, 2.24) is 4.57 Å². The first-order valence-electron chi connectivity index (χ1n) is 12.1. The average Bonchev–Trinajstić information content (AvgIpc) is 3.25. The zero-order chi connectivity index (χ0) is 26.4. The van der Waals surface area contributed by atoms with Gasteiger partial charge in [-0.2, -0.15) is 0 Å². The van der Waals surface area contributed by atoms with Crippen LogP contribution in [-0.4, -0.2) is 18.8 Å². The first-order valence-corrected chi connectivity index (χ1v) is 13.7. The Morgan fingerprint density at radius 3 is 1.61 bits per heavy atom. The molecule has 2 N–H and O–H groups in total. The lowest BCUT2D eigenvalue weighted by Crippen LogP contribution is -2.03. The van der Waals surface area contributed by atoms with Crippen LogP contribution in [0.4, 0.5) is 5.69 Å². The molecule has 0 aliphatic heterocycles. The van der Waals surface area contributed by atoms with E-state index in [2.05, 4.69) is 109 Å². The number of halogens is 2. The van der Waals surface area contributed by atoms with Crippen molar-refractivity contribution in [2.75, 3.05) is 20.0 Å². The molecule has 0 amide bonds.